The fourth-order valence-corrected chi connectivity index (χ4v) is 9.85. The minimum Gasteiger partial charge on any atom is -0.0622 e. The van der Waals surface area contributed by atoms with Crippen LogP contribution in [-0.2, 0) is 0 Å². The quantitative estimate of drug-likeness (QED) is 0.125. The highest BCUT2D eigenvalue weighted by Gasteiger charge is 2.21. The summed E-state index contributed by atoms with van der Waals surface area (Å²) in [6.07, 6.45) is 0. The normalized spacial score (nSPS) is 11.8. The van der Waals surface area contributed by atoms with E-state index in [-0.39, 0.29) is 0 Å². The lowest BCUT2D eigenvalue weighted by molar-refractivity contribution is 1.61. The summed E-state index contributed by atoms with van der Waals surface area (Å²) in [5.41, 5.74) is 9.99. The molecule has 0 aromatic heterocycles. The molecule has 0 N–H and O–H groups in total. The molecule has 12 aromatic rings. The van der Waals surface area contributed by atoms with Gasteiger partial charge in [0, 0.05) is 0 Å². The van der Waals surface area contributed by atoms with Crippen molar-refractivity contribution in [1.82, 2.24) is 0 Å². The first-order valence-corrected chi connectivity index (χ1v) is 20.2. The van der Waals surface area contributed by atoms with Crippen LogP contribution < -0.4 is 0 Å². The molecule has 0 nitrogen and oxygen atoms in total. The van der Waals surface area contributed by atoms with Gasteiger partial charge in [0.25, 0.3) is 0 Å². The van der Waals surface area contributed by atoms with Crippen LogP contribution in [-0.4, -0.2) is 0 Å². The Balaban J connectivity index is 1.18. The summed E-state index contributed by atoms with van der Waals surface area (Å²) in [5, 5.41) is 17.7. The third-order valence-corrected chi connectivity index (χ3v) is 12.4. The van der Waals surface area contributed by atoms with Gasteiger partial charge in [-0.1, -0.05) is 212 Å². The molecule has 12 aromatic carbocycles. The average Bonchev–Trinajstić information content (AvgIpc) is 3.30. The Hall–Kier alpha value is -7.54. The van der Waals surface area contributed by atoms with Gasteiger partial charge in [-0.3, -0.25) is 0 Å². The number of hydrogen-bond acceptors (Lipinski definition) is 0. The maximum atomic E-state index is 2.43. The van der Waals surface area contributed by atoms with Crippen molar-refractivity contribution < 1.29 is 0 Å². The Labute approximate surface area is 336 Å². The van der Waals surface area contributed by atoms with Gasteiger partial charge < -0.3 is 0 Å². The SMILES string of the molecule is c1ccc(-c2ccc(-c3c4ccccc4c(-c4ccc(-c5cc6ccccc6c6ccc7ccccc7c56)c5c4ccc4ccccc45)c4ccccc34)cc2)cc1. The molecular formula is C58H36. The van der Waals surface area contributed by atoms with Gasteiger partial charge in [0.15, 0.2) is 0 Å². The zero-order valence-electron chi connectivity index (χ0n) is 31.8. The monoisotopic (exact) mass is 732 g/mol. The molecule has 0 saturated heterocycles. The number of rotatable bonds is 4. The molecule has 58 heavy (non-hydrogen) atoms. The third kappa shape index (κ3) is 4.95. The van der Waals surface area contributed by atoms with Gasteiger partial charge in [-0.25, -0.2) is 0 Å². The predicted molar refractivity (Wildman–Crippen MR) is 251 cm³/mol. The maximum absolute atomic E-state index is 2.43. The highest BCUT2D eigenvalue weighted by molar-refractivity contribution is 6.29. The molecule has 0 unspecified atom stereocenters. The van der Waals surface area contributed by atoms with E-state index >= 15 is 0 Å². The van der Waals surface area contributed by atoms with Gasteiger partial charge in [0.1, 0.15) is 0 Å². The van der Waals surface area contributed by atoms with Crippen LogP contribution in [0.1, 0.15) is 0 Å². The summed E-state index contributed by atoms with van der Waals surface area (Å²) in [5.74, 6) is 0. The van der Waals surface area contributed by atoms with Crippen molar-refractivity contribution in [3.05, 3.63) is 218 Å². The molecule has 0 fully saturated rings. The van der Waals surface area contributed by atoms with E-state index in [9.17, 15) is 0 Å². The largest absolute Gasteiger partial charge is 0.0622 e. The lowest BCUT2D eigenvalue weighted by Crippen LogP contribution is -1.94. The first-order valence-electron chi connectivity index (χ1n) is 20.2. The minimum absolute atomic E-state index is 1.22. The van der Waals surface area contributed by atoms with E-state index in [4.69, 9.17) is 0 Å². The Bertz CT molecular complexity index is 3540. The summed E-state index contributed by atoms with van der Waals surface area (Å²) >= 11 is 0. The summed E-state index contributed by atoms with van der Waals surface area (Å²) in [6, 6.07) is 80.9. The number of benzene rings is 12. The van der Waals surface area contributed by atoms with E-state index in [0.29, 0.717) is 0 Å². The van der Waals surface area contributed by atoms with Crippen molar-refractivity contribution in [2.45, 2.75) is 0 Å². The molecule has 0 radical (unpaired) electrons. The van der Waals surface area contributed by atoms with Gasteiger partial charge in [-0.05, 0) is 126 Å². The molecule has 0 aliphatic rings. The van der Waals surface area contributed by atoms with Gasteiger partial charge in [0.05, 0.1) is 0 Å². The lowest BCUT2D eigenvalue weighted by Gasteiger charge is -2.21. The van der Waals surface area contributed by atoms with Crippen molar-refractivity contribution >= 4 is 75.4 Å². The van der Waals surface area contributed by atoms with E-state index in [1.54, 1.807) is 0 Å². The average molecular weight is 733 g/mol. The van der Waals surface area contributed by atoms with Gasteiger partial charge in [0.2, 0.25) is 0 Å². The molecule has 0 heteroatoms. The van der Waals surface area contributed by atoms with E-state index in [2.05, 4.69) is 218 Å². The van der Waals surface area contributed by atoms with Crippen LogP contribution in [0.5, 0.6) is 0 Å². The Morgan fingerprint density at radius 1 is 0.190 bits per heavy atom. The van der Waals surface area contributed by atoms with Crippen LogP contribution in [0.3, 0.4) is 0 Å². The lowest BCUT2D eigenvalue weighted by atomic mass is 9.82. The zero-order chi connectivity index (χ0) is 38.2. The van der Waals surface area contributed by atoms with Crippen LogP contribution in [0.15, 0.2) is 218 Å². The van der Waals surface area contributed by atoms with Gasteiger partial charge >= 0.3 is 0 Å². The molecular weight excluding hydrogens is 697 g/mol. The summed E-state index contributed by atoms with van der Waals surface area (Å²) in [6.45, 7) is 0. The molecule has 0 heterocycles. The first kappa shape index (κ1) is 32.7. The van der Waals surface area contributed by atoms with Crippen LogP contribution in [0.2, 0.25) is 0 Å². The Morgan fingerprint density at radius 2 is 0.621 bits per heavy atom. The number of hydrogen-bond donors (Lipinski definition) is 0. The van der Waals surface area contributed by atoms with Crippen LogP contribution in [0, 0.1) is 0 Å². The summed E-state index contributed by atoms with van der Waals surface area (Å²) in [7, 11) is 0. The molecule has 0 saturated carbocycles. The second-order valence-electron chi connectivity index (χ2n) is 15.5. The molecule has 0 atom stereocenters. The molecule has 12 rings (SSSR count). The van der Waals surface area contributed by atoms with Crippen LogP contribution in [0.4, 0.5) is 0 Å². The van der Waals surface area contributed by atoms with Crippen LogP contribution in [0.25, 0.3) is 120 Å². The van der Waals surface area contributed by atoms with E-state index in [1.807, 2.05) is 0 Å². The van der Waals surface area contributed by atoms with Crippen molar-refractivity contribution in [1.29, 1.82) is 0 Å². The van der Waals surface area contributed by atoms with E-state index in [1.165, 1.54) is 120 Å². The smallest absolute Gasteiger partial charge is 0.00201 e. The van der Waals surface area contributed by atoms with Crippen molar-refractivity contribution in [3.8, 4) is 44.5 Å². The highest BCUT2D eigenvalue weighted by Crippen LogP contribution is 2.49. The minimum atomic E-state index is 1.22. The second kappa shape index (κ2) is 13.0. The molecule has 0 aliphatic heterocycles. The van der Waals surface area contributed by atoms with Crippen molar-refractivity contribution in [2.24, 2.45) is 0 Å². The van der Waals surface area contributed by atoms with Gasteiger partial charge in [-0.15, -0.1) is 0 Å². The summed E-state index contributed by atoms with van der Waals surface area (Å²) in [4.78, 5) is 0. The van der Waals surface area contributed by atoms with Crippen LogP contribution >= 0.6 is 0 Å². The van der Waals surface area contributed by atoms with E-state index in [0.717, 1.165) is 0 Å². The Morgan fingerprint density at radius 3 is 1.24 bits per heavy atom. The Kier molecular flexibility index (Phi) is 7.33. The van der Waals surface area contributed by atoms with E-state index < -0.39 is 0 Å². The fraction of sp³-hybridized carbons (Fsp3) is 0. The molecule has 0 amide bonds. The van der Waals surface area contributed by atoms with Gasteiger partial charge in [-0.2, -0.15) is 0 Å². The van der Waals surface area contributed by atoms with Crippen molar-refractivity contribution in [3.63, 3.8) is 0 Å². The highest BCUT2D eigenvalue weighted by atomic mass is 14.2. The maximum Gasteiger partial charge on any atom is -0.00201 e. The molecule has 268 valence electrons. The predicted octanol–water partition coefficient (Wildman–Crippen LogP) is 16.4. The zero-order valence-corrected chi connectivity index (χ0v) is 31.8. The topological polar surface area (TPSA) is 0 Å². The third-order valence-electron chi connectivity index (χ3n) is 12.4. The standard InChI is InChI=1S/C58H36/c1-2-14-37(15-3-1)38-26-28-41(29-27-38)55-46-22-10-12-24-48(46)58(49-25-13-11-23-47(49)55)52-34-35-53(56-44-20-8-4-16-39(44)31-33-51(52)56)54-36-42-18-6-7-19-43(42)50-32-30-40-17-5-9-21-45(40)57(50)54/h1-36H. The summed E-state index contributed by atoms with van der Waals surface area (Å²) < 4.78 is 0. The van der Waals surface area contributed by atoms with Crippen molar-refractivity contribution in [2.75, 3.05) is 0 Å². The first-order chi connectivity index (χ1) is 28.8. The fourth-order valence-electron chi connectivity index (χ4n) is 9.85. The number of fused-ring (bicyclic) bond motifs is 10. The molecule has 0 bridgehead atoms. The second-order valence-corrected chi connectivity index (χ2v) is 15.5. The molecule has 0 spiro atoms. The molecule has 0 aliphatic carbocycles.